The molecule has 0 spiro atoms. The van der Waals surface area contributed by atoms with Gasteiger partial charge in [0.2, 0.25) is 0 Å². The zero-order chi connectivity index (χ0) is 14.3. The van der Waals surface area contributed by atoms with Crippen LogP contribution in [0.4, 0.5) is 17.1 Å². The molecule has 3 aromatic rings. The van der Waals surface area contributed by atoms with Crippen LogP contribution < -0.4 is 11.1 Å². The number of nitrogen functional groups attached to an aromatic ring is 1. The first-order chi connectivity index (χ1) is 9.56. The van der Waals surface area contributed by atoms with Gasteiger partial charge in [0.15, 0.2) is 0 Å². The van der Waals surface area contributed by atoms with E-state index in [4.69, 9.17) is 28.9 Å². The van der Waals surface area contributed by atoms with Crippen LogP contribution in [0.25, 0.3) is 11.0 Å². The van der Waals surface area contributed by atoms with E-state index in [2.05, 4.69) is 30.0 Å². The highest BCUT2D eigenvalue weighted by Crippen LogP contribution is 2.38. The third kappa shape index (κ3) is 2.44. The number of aromatic nitrogens is 2. The maximum atomic E-state index is 6.24. The lowest BCUT2D eigenvalue weighted by Crippen LogP contribution is -1.98. The third-order valence-corrected chi connectivity index (χ3v) is 4.33. The molecule has 0 aliphatic carbocycles. The van der Waals surface area contributed by atoms with E-state index in [1.54, 1.807) is 6.07 Å². The number of rotatable bonds is 2. The summed E-state index contributed by atoms with van der Waals surface area (Å²) in [6.07, 6.45) is 0. The Morgan fingerprint density at radius 2 is 1.85 bits per heavy atom. The summed E-state index contributed by atoms with van der Waals surface area (Å²) >= 11 is 16.8. The molecule has 20 heavy (non-hydrogen) atoms. The Bertz CT molecular complexity index is 805. The van der Waals surface area contributed by atoms with Crippen molar-refractivity contribution in [3.8, 4) is 0 Å². The number of fused-ring (bicyclic) bond motifs is 1. The number of hydrogen-bond acceptors (Lipinski definition) is 5. The number of hydrogen-bond donors (Lipinski definition) is 2. The van der Waals surface area contributed by atoms with Gasteiger partial charge in [-0.25, -0.2) is 0 Å². The average Bonchev–Trinajstić information content (AvgIpc) is 2.86. The summed E-state index contributed by atoms with van der Waals surface area (Å²) in [7, 11) is 0. The Balaban J connectivity index is 2.13. The summed E-state index contributed by atoms with van der Waals surface area (Å²) in [5, 5.41) is 4.14. The molecule has 0 saturated carbocycles. The number of nitrogens with zero attached hydrogens (tertiary/aromatic N) is 2. The van der Waals surface area contributed by atoms with Crippen LogP contribution in [-0.4, -0.2) is 8.75 Å². The molecule has 2 aromatic carbocycles. The highest BCUT2D eigenvalue weighted by atomic mass is 79.9. The molecule has 3 rings (SSSR count). The molecule has 1 heterocycles. The molecular formula is C12H7BrCl2N4S. The highest BCUT2D eigenvalue weighted by Gasteiger charge is 2.15. The zero-order valence-corrected chi connectivity index (χ0v) is 13.7. The summed E-state index contributed by atoms with van der Waals surface area (Å²) < 4.78 is 9.30. The molecule has 0 amide bonds. The molecule has 0 unspecified atom stereocenters. The van der Waals surface area contributed by atoms with Gasteiger partial charge >= 0.3 is 0 Å². The zero-order valence-electron chi connectivity index (χ0n) is 9.82. The summed E-state index contributed by atoms with van der Waals surface area (Å²) in [6.45, 7) is 0. The molecule has 0 radical (unpaired) electrons. The van der Waals surface area contributed by atoms with Gasteiger partial charge in [-0.15, -0.1) is 0 Å². The van der Waals surface area contributed by atoms with Crippen LogP contribution in [0.1, 0.15) is 0 Å². The van der Waals surface area contributed by atoms with Crippen LogP contribution in [-0.2, 0) is 0 Å². The van der Waals surface area contributed by atoms with Gasteiger partial charge in [-0.1, -0.05) is 39.1 Å². The maximum Gasteiger partial charge on any atom is 0.131 e. The third-order valence-electron chi connectivity index (χ3n) is 2.72. The Kier molecular flexibility index (Phi) is 3.72. The average molecular weight is 390 g/mol. The van der Waals surface area contributed by atoms with E-state index < -0.39 is 0 Å². The molecule has 0 aliphatic rings. The second-order valence-corrected chi connectivity index (χ2v) is 6.29. The van der Waals surface area contributed by atoms with Crippen molar-refractivity contribution >= 4 is 79.0 Å². The second-order valence-electron chi connectivity index (χ2n) is 4.03. The molecule has 1 aromatic heterocycles. The van der Waals surface area contributed by atoms with Gasteiger partial charge < -0.3 is 11.1 Å². The van der Waals surface area contributed by atoms with Crippen molar-refractivity contribution in [2.75, 3.05) is 11.1 Å². The van der Waals surface area contributed by atoms with E-state index in [1.165, 1.54) is 0 Å². The Hall–Kier alpha value is -1.08. The standard InChI is InChI=1S/C12H7BrCl2N4S/c13-5-1-2-9(8(16)3-5)17-10-6(14)4-7(15)11-12(10)19-20-18-11/h1-4,17H,16H2. The predicted octanol–water partition coefficient (Wildman–Crippen LogP) is 5.09. The summed E-state index contributed by atoms with van der Waals surface area (Å²) in [5.41, 5.74) is 9.22. The van der Waals surface area contributed by atoms with Gasteiger partial charge in [0.05, 0.1) is 38.8 Å². The van der Waals surface area contributed by atoms with Crippen LogP contribution in [0.15, 0.2) is 28.7 Å². The first-order valence-corrected chi connectivity index (χ1v) is 7.76. The van der Waals surface area contributed by atoms with Crippen molar-refractivity contribution in [2.45, 2.75) is 0 Å². The predicted molar refractivity (Wildman–Crippen MR) is 89.3 cm³/mol. The van der Waals surface area contributed by atoms with Gasteiger partial charge in [-0.2, -0.15) is 8.75 Å². The first kappa shape index (κ1) is 13.9. The van der Waals surface area contributed by atoms with E-state index in [1.807, 2.05) is 18.2 Å². The van der Waals surface area contributed by atoms with Gasteiger partial charge in [0, 0.05) is 4.47 Å². The molecule has 0 bridgehead atoms. The van der Waals surface area contributed by atoms with Crippen molar-refractivity contribution in [2.24, 2.45) is 0 Å². The number of anilines is 3. The van der Waals surface area contributed by atoms with Gasteiger partial charge in [0.1, 0.15) is 11.0 Å². The topological polar surface area (TPSA) is 63.8 Å². The summed E-state index contributed by atoms with van der Waals surface area (Å²) in [4.78, 5) is 0. The van der Waals surface area contributed by atoms with Gasteiger partial charge in [-0.05, 0) is 24.3 Å². The fourth-order valence-corrected chi connectivity index (χ4v) is 3.31. The molecular weight excluding hydrogens is 383 g/mol. The molecule has 4 nitrogen and oxygen atoms in total. The van der Waals surface area contributed by atoms with Crippen LogP contribution in [0.2, 0.25) is 10.0 Å². The second kappa shape index (κ2) is 5.37. The summed E-state index contributed by atoms with van der Waals surface area (Å²) in [6, 6.07) is 7.20. The Morgan fingerprint density at radius 1 is 1.10 bits per heavy atom. The minimum atomic E-state index is 0.470. The van der Waals surface area contributed by atoms with E-state index in [9.17, 15) is 0 Å². The monoisotopic (exact) mass is 388 g/mol. The Morgan fingerprint density at radius 3 is 2.60 bits per heavy atom. The highest BCUT2D eigenvalue weighted by molar-refractivity contribution is 9.10. The minimum absolute atomic E-state index is 0.470. The van der Waals surface area contributed by atoms with Crippen molar-refractivity contribution < 1.29 is 0 Å². The van der Waals surface area contributed by atoms with Crippen molar-refractivity contribution in [1.82, 2.24) is 8.75 Å². The molecule has 3 N–H and O–H groups in total. The van der Waals surface area contributed by atoms with Gasteiger partial charge in [0.25, 0.3) is 0 Å². The van der Waals surface area contributed by atoms with Crippen LogP contribution in [0, 0.1) is 0 Å². The minimum Gasteiger partial charge on any atom is -0.397 e. The number of nitrogens with two attached hydrogens (primary N) is 1. The fraction of sp³-hybridized carbons (Fsp3) is 0. The van der Waals surface area contributed by atoms with Gasteiger partial charge in [-0.3, -0.25) is 0 Å². The normalized spacial score (nSPS) is 10.9. The number of halogens is 3. The molecule has 0 atom stereocenters. The first-order valence-electron chi connectivity index (χ1n) is 5.48. The molecule has 8 heteroatoms. The van der Waals surface area contributed by atoms with Crippen molar-refractivity contribution in [3.05, 3.63) is 38.8 Å². The number of benzene rings is 2. The van der Waals surface area contributed by atoms with E-state index in [-0.39, 0.29) is 0 Å². The Labute approximate surface area is 137 Å². The van der Waals surface area contributed by atoms with Crippen LogP contribution in [0.5, 0.6) is 0 Å². The van der Waals surface area contributed by atoms with Crippen LogP contribution >= 0.6 is 50.9 Å². The van der Waals surface area contributed by atoms with Crippen LogP contribution in [0.3, 0.4) is 0 Å². The molecule has 0 fully saturated rings. The lowest BCUT2D eigenvalue weighted by atomic mass is 10.2. The smallest absolute Gasteiger partial charge is 0.131 e. The molecule has 102 valence electrons. The molecule has 0 saturated heterocycles. The van der Waals surface area contributed by atoms with E-state index in [0.29, 0.717) is 32.5 Å². The SMILES string of the molecule is Nc1cc(Br)ccc1Nc1c(Cl)cc(Cl)c2nsnc12. The lowest BCUT2D eigenvalue weighted by molar-refractivity contribution is 1.53. The van der Waals surface area contributed by atoms with E-state index >= 15 is 0 Å². The maximum absolute atomic E-state index is 6.24. The van der Waals surface area contributed by atoms with Crippen molar-refractivity contribution in [3.63, 3.8) is 0 Å². The lowest BCUT2D eigenvalue weighted by Gasteiger charge is -2.12. The summed E-state index contributed by atoms with van der Waals surface area (Å²) in [5.74, 6) is 0. The fourth-order valence-electron chi connectivity index (χ4n) is 1.78. The quantitative estimate of drug-likeness (QED) is 0.599. The van der Waals surface area contributed by atoms with E-state index in [0.717, 1.165) is 21.9 Å². The number of nitrogens with one attached hydrogen (secondary N) is 1. The largest absolute Gasteiger partial charge is 0.397 e. The molecule has 0 aliphatic heterocycles. The van der Waals surface area contributed by atoms with Crippen molar-refractivity contribution in [1.29, 1.82) is 0 Å².